The van der Waals surface area contributed by atoms with Gasteiger partial charge in [0.15, 0.2) is 0 Å². The number of unbranched alkanes of at least 4 members (excludes halogenated alkanes) is 3. The Labute approximate surface area is 142 Å². The van der Waals surface area contributed by atoms with Gasteiger partial charge in [0.1, 0.15) is 18.6 Å². The molecule has 0 aliphatic heterocycles. The van der Waals surface area contributed by atoms with E-state index in [9.17, 15) is 13.0 Å². The smallest absolute Gasteiger partial charge is 0.101 e. The van der Waals surface area contributed by atoms with Gasteiger partial charge in [0.2, 0.25) is 0 Å². The van der Waals surface area contributed by atoms with Gasteiger partial charge >= 0.3 is 0 Å². The molecule has 23 heavy (non-hydrogen) atoms. The van der Waals surface area contributed by atoms with E-state index >= 15 is 0 Å². The summed E-state index contributed by atoms with van der Waals surface area (Å²) in [4.78, 5) is 0. The minimum absolute atomic E-state index is 0.308. The number of quaternary nitrogens is 1. The summed E-state index contributed by atoms with van der Waals surface area (Å²) in [7, 11) is -4.15. The molecule has 0 unspecified atom stereocenters. The van der Waals surface area contributed by atoms with Gasteiger partial charge in [-0.05, 0) is 37.5 Å². The van der Waals surface area contributed by atoms with E-state index in [2.05, 4.69) is 57.6 Å². The first-order valence-corrected chi connectivity index (χ1v) is 10.3. The third-order valence-electron chi connectivity index (χ3n) is 3.45. The molecule has 0 rings (SSSR count). The fourth-order valence-electron chi connectivity index (χ4n) is 2.20. The van der Waals surface area contributed by atoms with Crippen LogP contribution < -0.4 is 0 Å². The van der Waals surface area contributed by atoms with Crippen molar-refractivity contribution in [1.82, 2.24) is 0 Å². The molecule has 134 valence electrons. The summed E-state index contributed by atoms with van der Waals surface area (Å²) in [5, 5.41) is 0. The van der Waals surface area contributed by atoms with Crippen LogP contribution in [-0.4, -0.2) is 29.8 Å². The average Bonchev–Trinajstić information content (AvgIpc) is 2.47. The van der Waals surface area contributed by atoms with Gasteiger partial charge in [-0.25, -0.2) is 12.9 Å². The summed E-state index contributed by atoms with van der Waals surface area (Å²) in [5.74, 6) is -0.308. The van der Waals surface area contributed by atoms with Crippen LogP contribution in [0.25, 0.3) is 0 Å². The molecule has 0 fully saturated rings. The zero-order valence-corrected chi connectivity index (χ0v) is 15.7. The molecule has 0 aromatic rings. The Bertz CT molecular complexity index is 438. The van der Waals surface area contributed by atoms with E-state index in [0.717, 1.165) is 38.5 Å². The largest absolute Gasteiger partial charge is 0.748 e. The van der Waals surface area contributed by atoms with Crippen LogP contribution >= 0.6 is 0 Å². The SMILES string of the molecule is CCC/C=C/[N+](/C=C/CCC)(/C=C/CCC)CCCS(=O)(=O)[O-]. The second-order valence-corrected chi connectivity index (χ2v) is 7.38. The predicted molar refractivity (Wildman–Crippen MR) is 96.5 cm³/mol. The molecule has 4 nitrogen and oxygen atoms in total. The summed E-state index contributed by atoms with van der Waals surface area (Å²) in [6.07, 6.45) is 19.3. The van der Waals surface area contributed by atoms with Crippen molar-refractivity contribution in [1.29, 1.82) is 0 Å². The van der Waals surface area contributed by atoms with Crippen molar-refractivity contribution in [2.24, 2.45) is 0 Å². The molecule has 0 amide bonds. The van der Waals surface area contributed by atoms with E-state index in [4.69, 9.17) is 0 Å². The Morgan fingerprint density at radius 1 is 0.826 bits per heavy atom. The third-order valence-corrected chi connectivity index (χ3v) is 4.24. The highest BCUT2D eigenvalue weighted by molar-refractivity contribution is 7.85. The average molecular weight is 344 g/mol. The lowest BCUT2D eigenvalue weighted by atomic mass is 10.2. The Hall–Kier alpha value is -0.910. The Kier molecular flexibility index (Phi) is 12.0. The van der Waals surface area contributed by atoms with Gasteiger partial charge in [0.25, 0.3) is 0 Å². The lowest BCUT2D eigenvalue weighted by Crippen LogP contribution is -2.33. The zero-order valence-electron chi connectivity index (χ0n) is 14.9. The van der Waals surface area contributed by atoms with E-state index in [0.29, 0.717) is 17.4 Å². The summed E-state index contributed by atoms with van der Waals surface area (Å²) in [5.41, 5.74) is 0. The number of hydrogen-bond acceptors (Lipinski definition) is 3. The molecule has 0 aliphatic carbocycles. The minimum atomic E-state index is -4.15. The molecule has 0 aromatic heterocycles. The normalized spacial score (nSPS) is 13.7. The van der Waals surface area contributed by atoms with Crippen LogP contribution in [0.15, 0.2) is 36.8 Å². The maximum absolute atomic E-state index is 10.9. The van der Waals surface area contributed by atoms with Crippen LogP contribution in [0.1, 0.15) is 65.7 Å². The first-order valence-electron chi connectivity index (χ1n) is 8.73. The lowest BCUT2D eigenvalue weighted by molar-refractivity contribution is -0.773. The van der Waals surface area contributed by atoms with E-state index < -0.39 is 10.1 Å². The van der Waals surface area contributed by atoms with Gasteiger partial charge in [0.05, 0.1) is 16.7 Å². The van der Waals surface area contributed by atoms with Crippen molar-refractivity contribution >= 4 is 10.1 Å². The van der Waals surface area contributed by atoms with Gasteiger partial charge in [-0.3, -0.25) is 0 Å². The highest BCUT2D eigenvalue weighted by Gasteiger charge is 2.19. The molecule has 0 bridgehead atoms. The molecule has 0 aromatic carbocycles. The first kappa shape index (κ1) is 22.1. The number of hydrogen-bond donors (Lipinski definition) is 0. The highest BCUT2D eigenvalue weighted by Crippen LogP contribution is 2.16. The Balaban J connectivity index is 5.25. The second kappa shape index (κ2) is 12.5. The molecule has 5 heteroatoms. The quantitative estimate of drug-likeness (QED) is 0.360. The van der Waals surface area contributed by atoms with Crippen molar-refractivity contribution < 1.29 is 17.5 Å². The van der Waals surface area contributed by atoms with Crippen LogP contribution in [0.2, 0.25) is 0 Å². The van der Waals surface area contributed by atoms with Crippen molar-refractivity contribution in [3.8, 4) is 0 Å². The van der Waals surface area contributed by atoms with Crippen molar-refractivity contribution in [2.45, 2.75) is 65.7 Å². The molecule has 0 N–H and O–H groups in total. The molecule has 0 spiro atoms. The molecule has 0 heterocycles. The number of allylic oxidation sites excluding steroid dienone is 3. The van der Waals surface area contributed by atoms with Crippen molar-refractivity contribution in [3.05, 3.63) is 36.8 Å². The fourth-order valence-corrected chi connectivity index (χ4v) is 2.68. The summed E-state index contributed by atoms with van der Waals surface area (Å²) in [6, 6.07) is 0. The van der Waals surface area contributed by atoms with Crippen LogP contribution in [0.4, 0.5) is 0 Å². The molecule has 0 saturated heterocycles. The van der Waals surface area contributed by atoms with Gasteiger partial charge in [-0.2, -0.15) is 0 Å². The van der Waals surface area contributed by atoms with E-state index in [1.165, 1.54) is 0 Å². The lowest BCUT2D eigenvalue weighted by Gasteiger charge is -2.27. The first-order chi connectivity index (χ1) is 10.9. The monoisotopic (exact) mass is 343 g/mol. The van der Waals surface area contributed by atoms with Crippen LogP contribution in [0, 0.1) is 0 Å². The molecule has 0 aliphatic rings. The number of rotatable bonds is 13. The summed E-state index contributed by atoms with van der Waals surface area (Å²) >= 11 is 0. The summed E-state index contributed by atoms with van der Waals surface area (Å²) in [6.45, 7) is 6.97. The maximum atomic E-state index is 10.9. The Morgan fingerprint density at radius 3 is 1.52 bits per heavy atom. The minimum Gasteiger partial charge on any atom is -0.748 e. The topological polar surface area (TPSA) is 57.2 Å². The molecular weight excluding hydrogens is 310 g/mol. The maximum Gasteiger partial charge on any atom is 0.101 e. The van der Waals surface area contributed by atoms with Crippen LogP contribution in [0.3, 0.4) is 0 Å². The van der Waals surface area contributed by atoms with Gasteiger partial charge in [0, 0.05) is 12.2 Å². The van der Waals surface area contributed by atoms with Crippen LogP contribution in [0.5, 0.6) is 0 Å². The number of nitrogens with zero attached hydrogens (tertiary/aromatic N) is 1. The highest BCUT2D eigenvalue weighted by atomic mass is 32.2. The molecular formula is C18H33NO3S. The van der Waals surface area contributed by atoms with Gasteiger partial charge in [-0.1, -0.05) is 40.0 Å². The molecule has 0 radical (unpaired) electrons. The predicted octanol–water partition coefficient (Wildman–Crippen LogP) is 4.68. The van der Waals surface area contributed by atoms with E-state index in [1.807, 2.05) is 0 Å². The van der Waals surface area contributed by atoms with Gasteiger partial charge < -0.3 is 4.55 Å². The molecule has 0 atom stereocenters. The third kappa shape index (κ3) is 12.2. The second-order valence-electron chi connectivity index (χ2n) is 5.85. The Morgan fingerprint density at radius 2 is 1.22 bits per heavy atom. The van der Waals surface area contributed by atoms with Crippen molar-refractivity contribution in [3.63, 3.8) is 0 Å². The fraction of sp³-hybridized carbons (Fsp3) is 0.667. The van der Waals surface area contributed by atoms with Gasteiger partial charge in [-0.15, -0.1) is 0 Å². The van der Waals surface area contributed by atoms with Crippen molar-refractivity contribution in [2.75, 3.05) is 12.3 Å². The van der Waals surface area contributed by atoms with E-state index in [-0.39, 0.29) is 5.75 Å². The molecule has 0 saturated carbocycles. The zero-order chi connectivity index (χ0) is 17.6. The standard InChI is InChI=1S/C18H33NO3S/c1-4-7-10-14-19(15-11-8-5-2,16-12-9-6-3)17-13-18-23(20,21)22/h10-12,14-16H,4-9,13,17-18H2,1-3H3/b14-10+,15-11+,16-12+. The summed E-state index contributed by atoms with van der Waals surface area (Å²) < 4.78 is 33.1. The van der Waals surface area contributed by atoms with E-state index in [1.54, 1.807) is 0 Å². The van der Waals surface area contributed by atoms with Crippen LogP contribution in [-0.2, 0) is 10.1 Å².